The number of nitrogens with zero attached hydrogens (tertiary/aromatic N) is 3. The Bertz CT molecular complexity index is 485. The van der Waals surface area contributed by atoms with Crippen molar-refractivity contribution in [3.8, 4) is 0 Å². The fraction of sp³-hybridized carbons (Fsp3) is 0.200. The third-order valence-corrected chi connectivity index (χ3v) is 2.60. The summed E-state index contributed by atoms with van der Waals surface area (Å²) < 4.78 is 5.07. The SMILES string of the molecule is Cc1cc(C(=O)OCc2cncs2)ncn1. The van der Waals surface area contributed by atoms with E-state index in [1.165, 1.54) is 17.7 Å². The highest BCUT2D eigenvalue weighted by molar-refractivity contribution is 7.09. The lowest BCUT2D eigenvalue weighted by Gasteiger charge is -2.02. The first kappa shape index (κ1) is 10.7. The van der Waals surface area contributed by atoms with Gasteiger partial charge >= 0.3 is 5.97 Å². The maximum atomic E-state index is 11.6. The van der Waals surface area contributed by atoms with Gasteiger partial charge in [0, 0.05) is 11.9 Å². The molecule has 2 heterocycles. The van der Waals surface area contributed by atoms with E-state index < -0.39 is 5.97 Å². The molecule has 0 N–H and O–H groups in total. The number of esters is 1. The summed E-state index contributed by atoms with van der Waals surface area (Å²) in [6, 6.07) is 1.59. The molecular formula is C10H9N3O2S. The number of aromatic nitrogens is 3. The van der Waals surface area contributed by atoms with Crippen LogP contribution in [0.2, 0.25) is 0 Å². The fourth-order valence-corrected chi connectivity index (χ4v) is 1.60. The zero-order chi connectivity index (χ0) is 11.4. The minimum absolute atomic E-state index is 0.229. The van der Waals surface area contributed by atoms with Crippen LogP contribution in [0.5, 0.6) is 0 Å². The molecule has 0 unspecified atom stereocenters. The molecule has 0 saturated carbocycles. The zero-order valence-corrected chi connectivity index (χ0v) is 9.40. The van der Waals surface area contributed by atoms with Crippen LogP contribution in [0.3, 0.4) is 0 Å². The Hall–Kier alpha value is -1.82. The molecular weight excluding hydrogens is 226 g/mol. The van der Waals surface area contributed by atoms with E-state index in [4.69, 9.17) is 4.74 Å². The summed E-state index contributed by atoms with van der Waals surface area (Å²) in [7, 11) is 0. The monoisotopic (exact) mass is 235 g/mol. The Morgan fingerprint density at radius 1 is 1.50 bits per heavy atom. The second-order valence-electron chi connectivity index (χ2n) is 3.09. The van der Waals surface area contributed by atoms with Crippen molar-refractivity contribution in [3.05, 3.63) is 40.4 Å². The van der Waals surface area contributed by atoms with Crippen molar-refractivity contribution in [2.75, 3.05) is 0 Å². The number of aryl methyl sites for hydroxylation is 1. The maximum absolute atomic E-state index is 11.6. The minimum Gasteiger partial charge on any atom is -0.455 e. The standard InChI is InChI=1S/C10H9N3O2S/c1-7-2-9(13-5-12-7)10(14)15-4-8-3-11-6-16-8/h2-3,5-6H,4H2,1H3. The number of carbonyl (C=O) groups is 1. The molecule has 2 aromatic rings. The van der Waals surface area contributed by atoms with Crippen LogP contribution in [-0.4, -0.2) is 20.9 Å². The second kappa shape index (κ2) is 4.80. The van der Waals surface area contributed by atoms with Gasteiger partial charge in [-0.3, -0.25) is 4.98 Å². The average molecular weight is 235 g/mol. The molecule has 0 aliphatic rings. The van der Waals surface area contributed by atoms with E-state index in [0.29, 0.717) is 0 Å². The molecule has 0 amide bonds. The highest BCUT2D eigenvalue weighted by atomic mass is 32.1. The van der Waals surface area contributed by atoms with Gasteiger partial charge in [0.05, 0.1) is 10.4 Å². The Morgan fingerprint density at radius 2 is 2.38 bits per heavy atom. The summed E-state index contributed by atoms with van der Waals surface area (Å²) in [5.74, 6) is -0.445. The summed E-state index contributed by atoms with van der Waals surface area (Å²) >= 11 is 1.44. The molecule has 0 radical (unpaired) electrons. The van der Waals surface area contributed by atoms with Crippen LogP contribution < -0.4 is 0 Å². The number of hydrogen-bond donors (Lipinski definition) is 0. The van der Waals surface area contributed by atoms with Crippen molar-refractivity contribution >= 4 is 17.3 Å². The van der Waals surface area contributed by atoms with Gasteiger partial charge in [-0.15, -0.1) is 11.3 Å². The summed E-state index contributed by atoms with van der Waals surface area (Å²) in [4.78, 5) is 24.1. The summed E-state index contributed by atoms with van der Waals surface area (Å²) in [6.45, 7) is 2.02. The van der Waals surface area contributed by atoms with Crippen LogP contribution in [0.15, 0.2) is 24.1 Å². The molecule has 16 heavy (non-hydrogen) atoms. The predicted molar refractivity (Wildman–Crippen MR) is 58.0 cm³/mol. The second-order valence-corrected chi connectivity index (χ2v) is 4.06. The molecule has 0 spiro atoms. The van der Waals surface area contributed by atoms with Gasteiger partial charge in [-0.25, -0.2) is 14.8 Å². The van der Waals surface area contributed by atoms with Gasteiger partial charge in [-0.1, -0.05) is 0 Å². The molecule has 5 nitrogen and oxygen atoms in total. The number of carbonyl (C=O) groups excluding carboxylic acids is 1. The quantitative estimate of drug-likeness (QED) is 0.756. The Balaban J connectivity index is 1.98. The first-order valence-corrected chi connectivity index (χ1v) is 5.47. The smallest absolute Gasteiger partial charge is 0.357 e. The number of rotatable bonds is 3. The predicted octanol–water partition coefficient (Wildman–Crippen LogP) is 1.60. The van der Waals surface area contributed by atoms with Crippen LogP contribution in [0.25, 0.3) is 0 Å². The number of thiazole rings is 1. The van der Waals surface area contributed by atoms with Crippen LogP contribution in [0.4, 0.5) is 0 Å². The number of hydrogen-bond acceptors (Lipinski definition) is 6. The zero-order valence-electron chi connectivity index (χ0n) is 8.58. The van der Waals surface area contributed by atoms with Crippen LogP contribution >= 0.6 is 11.3 Å². The topological polar surface area (TPSA) is 65.0 Å². The van der Waals surface area contributed by atoms with Crippen molar-refractivity contribution in [3.63, 3.8) is 0 Å². The molecule has 0 saturated heterocycles. The van der Waals surface area contributed by atoms with Gasteiger partial charge in [0.25, 0.3) is 0 Å². The highest BCUT2D eigenvalue weighted by Crippen LogP contribution is 2.08. The van der Waals surface area contributed by atoms with Gasteiger partial charge in [-0.2, -0.15) is 0 Å². The summed E-state index contributed by atoms with van der Waals surface area (Å²) in [5, 5.41) is 0. The highest BCUT2D eigenvalue weighted by Gasteiger charge is 2.09. The van der Waals surface area contributed by atoms with Crippen molar-refractivity contribution in [1.82, 2.24) is 15.0 Å². The lowest BCUT2D eigenvalue weighted by Crippen LogP contribution is -2.07. The van der Waals surface area contributed by atoms with Gasteiger partial charge < -0.3 is 4.74 Å². The van der Waals surface area contributed by atoms with Gasteiger partial charge in [0.15, 0.2) is 5.69 Å². The van der Waals surface area contributed by atoms with E-state index in [1.807, 2.05) is 0 Å². The normalized spacial score (nSPS) is 10.1. The van der Waals surface area contributed by atoms with Crippen molar-refractivity contribution in [1.29, 1.82) is 0 Å². The molecule has 2 rings (SSSR count). The number of ether oxygens (including phenoxy) is 1. The van der Waals surface area contributed by atoms with E-state index in [0.717, 1.165) is 10.6 Å². The van der Waals surface area contributed by atoms with E-state index in [-0.39, 0.29) is 12.3 Å². The summed E-state index contributed by atoms with van der Waals surface area (Å²) in [5.41, 5.74) is 2.70. The maximum Gasteiger partial charge on any atom is 0.357 e. The van der Waals surface area contributed by atoms with Crippen molar-refractivity contribution in [2.24, 2.45) is 0 Å². The molecule has 0 fully saturated rings. The van der Waals surface area contributed by atoms with Gasteiger partial charge in [0.1, 0.15) is 12.9 Å². The van der Waals surface area contributed by atoms with Crippen LogP contribution in [0.1, 0.15) is 21.1 Å². The summed E-state index contributed by atoms with van der Waals surface area (Å²) in [6.07, 6.45) is 3.02. The minimum atomic E-state index is -0.445. The molecule has 0 aliphatic carbocycles. The molecule has 0 aliphatic heterocycles. The Kier molecular flexibility index (Phi) is 3.21. The molecule has 0 atom stereocenters. The molecule has 82 valence electrons. The van der Waals surface area contributed by atoms with Crippen LogP contribution in [-0.2, 0) is 11.3 Å². The Morgan fingerprint density at radius 3 is 3.06 bits per heavy atom. The largest absolute Gasteiger partial charge is 0.455 e. The molecule has 2 aromatic heterocycles. The average Bonchev–Trinajstić information content (AvgIpc) is 2.78. The van der Waals surface area contributed by atoms with E-state index in [9.17, 15) is 4.79 Å². The molecule has 6 heteroatoms. The first-order valence-electron chi connectivity index (χ1n) is 4.59. The third kappa shape index (κ3) is 2.60. The van der Waals surface area contributed by atoms with Crippen LogP contribution in [0, 0.1) is 6.92 Å². The molecule has 0 aromatic carbocycles. The Labute approximate surface area is 96.2 Å². The van der Waals surface area contributed by atoms with Gasteiger partial charge in [-0.05, 0) is 13.0 Å². The fourth-order valence-electron chi connectivity index (χ4n) is 1.09. The third-order valence-electron chi connectivity index (χ3n) is 1.84. The first-order chi connectivity index (χ1) is 7.75. The van der Waals surface area contributed by atoms with Crippen molar-refractivity contribution < 1.29 is 9.53 Å². The van der Waals surface area contributed by atoms with Crippen molar-refractivity contribution in [2.45, 2.75) is 13.5 Å². The lowest BCUT2D eigenvalue weighted by atomic mass is 10.3. The van der Waals surface area contributed by atoms with E-state index in [2.05, 4.69) is 15.0 Å². The van der Waals surface area contributed by atoms with E-state index >= 15 is 0 Å². The van der Waals surface area contributed by atoms with Gasteiger partial charge in [0.2, 0.25) is 0 Å². The lowest BCUT2D eigenvalue weighted by molar-refractivity contribution is 0.0469. The molecule has 0 bridgehead atoms. The van der Waals surface area contributed by atoms with E-state index in [1.54, 1.807) is 24.7 Å².